The number of alkyl halides is 14. The van der Waals surface area contributed by atoms with Crippen molar-refractivity contribution in [1.29, 1.82) is 0 Å². The van der Waals surface area contributed by atoms with E-state index in [1.165, 1.54) is 0 Å². The first-order chi connectivity index (χ1) is 12.6. The van der Waals surface area contributed by atoms with Crippen LogP contribution in [0.2, 0.25) is 0 Å². The molecule has 0 spiro atoms. The smallest absolute Gasteiger partial charge is 0.310 e. The molecule has 0 rings (SSSR count). The highest BCUT2D eigenvalue weighted by molar-refractivity contribution is 5.08. The molecule has 0 aromatic heterocycles. The Morgan fingerprint density at radius 2 is 0.867 bits per heavy atom. The van der Waals surface area contributed by atoms with Gasteiger partial charge in [-0.1, -0.05) is 0 Å². The van der Waals surface area contributed by atoms with Crippen LogP contribution in [0.15, 0.2) is 0 Å². The number of hydrogen-bond acceptors (Lipinski definition) is 2. The van der Waals surface area contributed by atoms with Gasteiger partial charge < -0.3 is 9.47 Å². The summed E-state index contributed by atoms with van der Waals surface area (Å²) in [5.41, 5.74) is -7.11. The SMILES string of the molecule is CC(C)(C)OC(F)(F)C(F)(F)C(F)(F)C(F)(F)C(C)(C)OC(F)(F)C(F)(F)C(F)F. The molecule has 0 unspecified atom stereocenters. The molecule has 0 aliphatic rings. The average Bonchev–Trinajstić information content (AvgIpc) is 2.42. The van der Waals surface area contributed by atoms with Crippen LogP contribution < -0.4 is 0 Å². The van der Waals surface area contributed by atoms with Gasteiger partial charge in [-0.2, -0.15) is 52.7 Å². The lowest BCUT2D eigenvalue weighted by Crippen LogP contribution is -2.70. The molecule has 0 aliphatic carbocycles. The molecule has 30 heavy (non-hydrogen) atoms. The summed E-state index contributed by atoms with van der Waals surface area (Å²) < 4.78 is 193. The van der Waals surface area contributed by atoms with Crippen molar-refractivity contribution in [3.05, 3.63) is 0 Å². The van der Waals surface area contributed by atoms with Crippen molar-refractivity contribution in [1.82, 2.24) is 0 Å². The monoisotopic (exact) mass is 482 g/mol. The molecule has 0 atom stereocenters. The quantitative estimate of drug-likeness (QED) is 0.346. The van der Waals surface area contributed by atoms with Crippen molar-refractivity contribution in [2.24, 2.45) is 0 Å². The zero-order valence-electron chi connectivity index (χ0n) is 15.7. The van der Waals surface area contributed by atoms with E-state index in [2.05, 4.69) is 9.47 Å². The molecule has 0 N–H and O–H groups in total. The van der Waals surface area contributed by atoms with Crippen molar-refractivity contribution in [3.63, 3.8) is 0 Å². The molecule has 0 fully saturated rings. The summed E-state index contributed by atoms with van der Waals surface area (Å²) in [6.45, 7) is 0.762. The first kappa shape index (κ1) is 28.9. The molecule has 0 aromatic carbocycles. The Labute approximate surface area is 160 Å². The van der Waals surface area contributed by atoms with Crippen LogP contribution in [0.5, 0.6) is 0 Å². The van der Waals surface area contributed by atoms with Gasteiger partial charge in [-0.3, -0.25) is 0 Å². The summed E-state index contributed by atoms with van der Waals surface area (Å²) in [4.78, 5) is 0. The van der Waals surface area contributed by atoms with E-state index in [9.17, 15) is 61.5 Å². The number of hydrogen-bond donors (Lipinski definition) is 0. The van der Waals surface area contributed by atoms with Crippen LogP contribution in [0, 0.1) is 0 Å². The van der Waals surface area contributed by atoms with Crippen LogP contribution in [-0.4, -0.2) is 53.5 Å². The van der Waals surface area contributed by atoms with Gasteiger partial charge in [0.15, 0.2) is 0 Å². The molecular weight excluding hydrogens is 466 g/mol. The van der Waals surface area contributed by atoms with Gasteiger partial charge in [-0.25, -0.2) is 8.78 Å². The van der Waals surface area contributed by atoms with E-state index in [0.717, 1.165) is 0 Å². The third-order valence-corrected chi connectivity index (χ3v) is 3.39. The molecule has 0 heterocycles. The van der Waals surface area contributed by atoms with E-state index >= 15 is 0 Å². The zero-order valence-corrected chi connectivity index (χ0v) is 15.7. The van der Waals surface area contributed by atoms with Gasteiger partial charge in [0.05, 0.1) is 5.60 Å². The summed E-state index contributed by atoms with van der Waals surface area (Å²) in [6.07, 6.45) is -18.2. The minimum atomic E-state index is -7.27. The highest BCUT2D eigenvalue weighted by atomic mass is 19.4. The molecule has 0 saturated heterocycles. The fraction of sp³-hybridized carbons (Fsp3) is 1.00. The molecule has 16 heteroatoms. The van der Waals surface area contributed by atoms with Crippen molar-refractivity contribution < 1.29 is 70.9 Å². The summed E-state index contributed by atoms with van der Waals surface area (Å²) in [7, 11) is 0. The topological polar surface area (TPSA) is 18.5 Å². The van der Waals surface area contributed by atoms with E-state index in [-0.39, 0.29) is 0 Å². The third-order valence-electron chi connectivity index (χ3n) is 3.39. The second-order valence-corrected chi connectivity index (χ2v) is 7.51. The van der Waals surface area contributed by atoms with Gasteiger partial charge in [-0.05, 0) is 34.6 Å². The van der Waals surface area contributed by atoms with Crippen molar-refractivity contribution in [2.45, 2.75) is 88.2 Å². The molecule has 0 amide bonds. The minimum Gasteiger partial charge on any atom is -0.310 e. The lowest BCUT2D eigenvalue weighted by atomic mass is 9.89. The fourth-order valence-corrected chi connectivity index (χ4v) is 1.79. The largest absolute Gasteiger partial charge is 0.426 e. The molecule has 0 aliphatic heterocycles. The fourth-order valence-electron chi connectivity index (χ4n) is 1.79. The Balaban J connectivity index is 6.30. The summed E-state index contributed by atoms with van der Waals surface area (Å²) in [5, 5.41) is 0. The molecule has 0 saturated carbocycles. The van der Waals surface area contributed by atoms with E-state index in [1.54, 1.807) is 0 Å². The summed E-state index contributed by atoms with van der Waals surface area (Å²) in [6, 6.07) is 0. The molecule has 2 nitrogen and oxygen atoms in total. The van der Waals surface area contributed by atoms with Crippen LogP contribution in [0.25, 0.3) is 0 Å². The van der Waals surface area contributed by atoms with Crippen LogP contribution in [0.1, 0.15) is 34.6 Å². The highest BCUT2D eigenvalue weighted by Crippen LogP contribution is 2.58. The second-order valence-electron chi connectivity index (χ2n) is 7.51. The molecule has 182 valence electrons. The number of ether oxygens (including phenoxy) is 2. The Hall–Kier alpha value is -1.06. The Kier molecular flexibility index (Phi) is 7.25. The predicted octanol–water partition coefficient (Wildman–Crippen LogP) is 6.59. The molecule has 0 radical (unpaired) electrons. The average molecular weight is 482 g/mol. The predicted molar refractivity (Wildman–Crippen MR) is 71.7 cm³/mol. The first-order valence-corrected chi connectivity index (χ1v) is 7.56. The standard InChI is InChI=1S/C14H16F14O2/c1-7(2,3)29-14(27,28)12(23,24)11(21,22)10(19,20)8(4,5)30-13(25,26)9(17,18)6(15)16/h6H,1-5H3. The lowest BCUT2D eigenvalue weighted by Gasteiger charge is -2.44. The van der Waals surface area contributed by atoms with Crippen molar-refractivity contribution in [2.75, 3.05) is 0 Å². The van der Waals surface area contributed by atoms with Gasteiger partial charge in [0, 0.05) is 0 Å². The Morgan fingerprint density at radius 3 is 1.17 bits per heavy atom. The minimum absolute atomic E-state index is 0.588. The van der Waals surface area contributed by atoms with Crippen LogP contribution >= 0.6 is 0 Å². The Bertz CT molecular complexity index is 606. The third kappa shape index (κ3) is 4.72. The normalized spacial score (nSPS) is 16.4. The van der Waals surface area contributed by atoms with Crippen LogP contribution in [0.4, 0.5) is 61.5 Å². The number of halogens is 14. The second kappa shape index (κ2) is 7.52. The van der Waals surface area contributed by atoms with Crippen LogP contribution in [0.3, 0.4) is 0 Å². The van der Waals surface area contributed by atoms with E-state index < -0.39 is 67.4 Å². The Morgan fingerprint density at radius 1 is 0.500 bits per heavy atom. The maximum absolute atomic E-state index is 14.0. The van der Waals surface area contributed by atoms with Crippen LogP contribution in [-0.2, 0) is 9.47 Å². The summed E-state index contributed by atoms with van der Waals surface area (Å²) >= 11 is 0. The summed E-state index contributed by atoms with van der Waals surface area (Å²) in [5.74, 6) is -27.7. The van der Waals surface area contributed by atoms with E-state index in [4.69, 9.17) is 0 Å². The van der Waals surface area contributed by atoms with E-state index in [0.29, 0.717) is 20.8 Å². The lowest BCUT2D eigenvalue weighted by molar-refractivity contribution is -0.471. The van der Waals surface area contributed by atoms with Crippen molar-refractivity contribution >= 4 is 0 Å². The first-order valence-electron chi connectivity index (χ1n) is 7.56. The number of rotatable bonds is 9. The maximum Gasteiger partial charge on any atom is 0.426 e. The van der Waals surface area contributed by atoms with Gasteiger partial charge in [-0.15, -0.1) is 0 Å². The maximum atomic E-state index is 14.0. The van der Waals surface area contributed by atoms with E-state index in [1.807, 2.05) is 0 Å². The van der Waals surface area contributed by atoms with Gasteiger partial charge in [0.1, 0.15) is 5.60 Å². The van der Waals surface area contributed by atoms with Gasteiger partial charge in [0.25, 0.3) is 0 Å². The molecule has 0 bridgehead atoms. The molecular formula is C14H16F14O2. The zero-order chi connectivity index (χ0) is 25.0. The van der Waals surface area contributed by atoms with Gasteiger partial charge in [0.2, 0.25) is 0 Å². The van der Waals surface area contributed by atoms with Gasteiger partial charge >= 0.3 is 42.3 Å². The molecule has 0 aromatic rings. The highest BCUT2D eigenvalue weighted by Gasteiger charge is 2.86. The van der Waals surface area contributed by atoms with Crippen molar-refractivity contribution in [3.8, 4) is 0 Å².